The smallest absolute Gasteiger partial charge is 0.269 e. The van der Waals surface area contributed by atoms with E-state index in [1.54, 1.807) is 0 Å². The lowest BCUT2D eigenvalue weighted by molar-refractivity contribution is 0.183. The van der Waals surface area contributed by atoms with Gasteiger partial charge < -0.3 is 0 Å². The first-order valence-corrected chi connectivity index (χ1v) is 6.12. The Hall–Kier alpha value is -0.130. The Morgan fingerprint density at radius 3 is 2.54 bits per heavy atom. The van der Waals surface area contributed by atoms with E-state index in [1.165, 1.54) is 0 Å². The van der Waals surface area contributed by atoms with E-state index >= 15 is 0 Å². The zero-order valence-electron chi connectivity index (χ0n) is 8.10. The van der Waals surface area contributed by atoms with E-state index in [-0.39, 0.29) is 0 Å². The highest BCUT2D eigenvalue weighted by Crippen LogP contribution is 2.17. The average Bonchev–Trinajstić information content (AvgIpc) is 2.03. The monoisotopic (exact) mass is 207 g/mol. The lowest BCUT2D eigenvalue weighted by atomic mass is 10.1. The van der Waals surface area contributed by atoms with E-state index in [0.29, 0.717) is 19.0 Å². The highest BCUT2D eigenvalue weighted by atomic mass is 32.2. The number of hydrogen-bond donors (Lipinski definition) is 1. The Labute approximate surface area is 79.7 Å². The molecule has 78 valence electrons. The van der Waals surface area contributed by atoms with E-state index in [0.717, 1.165) is 13.0 Å². The molecule has 0 spiro atoms. The summed E-state index contributed by atoms with van der Waals surface area (Å²) < 4.78 is 30.7. The molecule has 1 fully saturated rings. The lowest BCUT2D eigenvalue weighted by Gasteiger charge is -2.33. The Morgan fingerprint density at radius 1 is 1.46 bits per heavy atom. The van der Waals surface area contributed by atoms with Gasteiger partial charge in [0.2, 0.25) is 0 Å². The highest BCUT2D eigenvalue weighted by Gasteiger charge is 2.29. The maximum absolute atomic E-state index is 10.9. The summed E-state index contributed by atoms with van der Waals surface area (Å²) in [5.41, 5.74) is 0. The summed E-state index contributed by atoms with van der Waals surface area (Å²) in [6.45, 7) is 5.47. The number of rotatable bonds is 2. The summed E-state index contributed by atoms with van der Waals surface area (Å²) in [5, 5.41) is -0.580. The molecule has 0 radical (unpaired) electrons. The van der Waals surface area contributed by atoms with Crippen LogP contribution in [0.25, 0.3) is 0 Å². The zero-order chi connectivity index (χ0) is 10.1. The lowest BCUT2D eigenvalue weighted by Crippen LogP contribution is -2.45. The fourth-order valence-electron chi connectivity index (χ4n) is 1.68. The fourth-order valence-corrected chi connectivity index (χ4v) is 2.52. The van der Waals surface area contributed by atoms with Crippen LogP contribution in [-0.4, -0.2) is 42.3 Å². The van der Waals surface area contributed by atoms with Crippen molar-refractivity contribution < 1.29 is 13.0 Å². The number of hydrogen-bond acceptors (Lipinski definition) is 3. The molecule has 1 N–H and O–H groups in total. The van der Waals surface area contributed by atoms with Crippen LogP contribution in [0, 0.1) is 0 Å². The number of likely N-dealkylation sites (tertiary alicyclic amines) is 1. The van der Waals surface area contributed by atoms with Crippen molar-refractivity contribution in [1.29, 1.82) is 0 Å². The van der Waals surface area contributed by atoms with Gasteiger partial charge in [0.05, 0.1) is 5.25 Å². The second kappa shape index (κ2) is 3.94. The summed E-state index contributed by atoms with van der Waals surface area (Å²) in [6.07, 6.45) is 1.44. The number of nitrogens with zero attached hydrogens (tertiary/aromatic N) is 1. The van der Waals surface area contributed by atoms with Crippen LogP contribution < -0.4 is 0 Å². The first-order chi connectivity index (χ1) is 5.91. The molecule has 1 heterocycles. The third-order valence-corrected chi connectivity index (χ3v) is 3.79. The van der Waals surface area contributed by atoms with Gasteiger partial charge in [-0.25, -0.2) is 0 Å². The van der Waals surface area contributed by atoms with Gasteiger partial charge in [0.25, 0.3) is 10.1 Å². The van der Waals surface area contributed by atoms with Gasteiger partial charge in [0.15, 0.2) is 0 Å². The van der Waals surface area contributed by atoms with Crippen molar-refractivity contribution in [2.75, 3.05) is 13.1 Å². The van der Waals surface area contributed by atoms with Crippen molar-refractivity contribution in [3.8, 4) is 0 Å². The summed E-state index contributed by atoms with van der Waals surface area (Å²) in [6, 6.07) is 0.351. The van der Waals surface area contributed by atoms with Gasteiger partial charge in [0.1, 0.15) is 0 Å². The molecule has 1 aliphatic rings. The fraction of sp³-hybridized carbons (Fsp3) is 1.00. The van der Waals surface area contributed by atoms with E-state index in [4.69, 9.17) is 4.55 Å². The molecule has 1 saturated heterocycles. The summed E-state index contributed by atoms with van der Waals surface area (Å²) in [7, 11) is -3.83. The molecule has 0 aromatic heterocycles. The molecule has 0 bridgehead atoms. The van der Waals surface area contributed by atoms with Crippen LogP contribution in [0.5, 0.6) is 0 Å². The van der Waals surface area contributed by atoms with Crippen LogP contribution in [0.3, 0.4) is 0 Å². The van der Waals surface area contributed by atoms with E-state index < -0.39 is 15.4 Å². The Kier molecular flexibility index (Phi) is 3.32. The van der Waals surface area contributed by atoms with Crippen LogP contribution in [0.4, 0.5) is 0 Å². The van der Waals surface area contributed by atoms with Crippen molar-refractivity contribution in [2.24, 2.45) is 0 Å². The molecule has 0 aromatic carbocycles. The summed E-state index contributed by atoms with van der Waals surface area (Å²) in [4.78, 5) is 2.09. The molecule has 0 saturated carbocycles. The van der Waals surface area contributed by atoms with Gasteiger partial charge in [-0.15, -0.1) is 0 Å². The van der Waals surface area contributed by atoms with Crippen LogP contribution in [-0.2, 0) is 10.1 Å². The maximum atomic E-state index is 10.9. The van der Waals surface area contributed by atoms with Crippen molar-refractivity contribution in [3.05, 3.63) is 0 Å². The van der Waals surface area contributed by atoms with Crippen molar-refractivity contribution in [3.63, 3.8) is 0 Å². The van der Waals surface area contributed by atoms with Gasteiger partial charge in [-0.3, -0.25) is 9.45 Å². The molecular weight excluding hydrogens is 190 g/mol. The SMILES string of the molecule is CC(C)N1CCCC(S(=O)(=O)O)C1. The Bertz CT molecular complexity index is 261. The van der Waals surface area contributed by atoms with E-state index in [1.807, 2.05) is 13.8 Å². The predicted octanol–water partition coefficient (Wildman–Crippen LogP) is 0.747. The maximum Gasteiger partial charge on any atom is 0.269 e. The minimum Gasteiger partial charge on any atom is -0.300 e. The Morgan fingerprint density at radius 2 is 2.08 bits per heavy atom. The van der Waals surface area contributed by atoms with Crippen molar-refractivity contribution in [2.45, 2.75) is 38.0 Å². The third kappa shape index (κ3) is 2.93. The third-order valence-electron chi connectivity index (χ3n) is 2.56. The highest BCUT2D eigenvalue weighted by molar-refractivity contribution is 7.86. The normalized spacial score (nSPS) is 26.6. The second-order valence-electron chi connectivity index (χ2n) is 3.87. The quantitative estimate of drug-likeness (QED) is 0.679. The molecule has 0 amide bonds. The molecule has 1 rings (SSSR count). The van der Waals surface area contributed by atoms with Crippen molar-refractivity contribution in [1.82, 2.24) is 4.90 Å². The largest absolute Gasteiger partial charge is 0.300 e. The van der Waals surface area contributed by atoms with Crippen LogP contribution >= 0.6 is 0 Å². The topological polar surface area (TPSA) is 57.6 Å². The first-order valence-electron chi connectivity index (χ1n) is 4.61. The second-order valence-corrected chi connectivity index (χ2v) is 5.56. The van der Waals surface area contributed by atoms with Crippen LogP contribution in [0.1, 0.15) is 26.7 Å². The molecule has 0 aromatic rings. The zero-order valence-corrected chi connectivity index (χ0v) is 8.92. The van der Waals surface area contributed by atoms with E-state index in [2.05, 4.69) is 4.90 Å². The van der Waals surface area contributed by atoms with Gasteiger partial charge in [0, 0.05) is 12.6 Å². The van der Waals surface area contributed by atoms with Crippen LogP contribution in [0.2, 0.25) is 0 Å². The van der Waals surface area contributed by atoms with Gasteiger partial charge >= 0.3 is 0 Å². The Balaban J connectivity index is 2.62. The molecule has 1 aliphatic heterocycles. The summed E-state index contributed by atoms with van der Waals surface area (Å²) in [5.74, 6) is 0. The minimum absolute atomic E-state index is 0.351. The molecule has 1 unspecified atom stereocenters. The molecule has 5 heteroatoms. The molecule has 1 atom stereocenters. The van der Waals surface area contributed by atoms with Crippen LogP contribution in [0.15, 0.2) is 0 Å². The summed E-state index contributed by atoms with van der Waals surface area (Å²) >= 11 is 0. The standard InChI is InChI=1S/C8H17NO3S/c1-7(2)9-5-3-4-8(6-9)13(10,11)12/h7-8H,3-6H2,1-2H3,(H,10,11,12). The molecule has 4 nitrogen and oxygen atoms in total. The molecular formula is C8H17NO3S. The predicted molar refractivity (Wildman–Crippen MR) is 51.3 cm³/mol. The average molecular weight is 207 g/mol. The number of piperidine rings is 1. The first kappa shape index (κ1) is 10.9. The van der Waals surface area contributed by atoms with E-state index in [9.17, 15) is 8.42 Å². The van der Waals surface area contributed by atoms with Crippen molar-refractivity contribution >= 4 is 10.1 Å². The minimum atomic E-state index is -3.83. The molecule has 0 aliphatic carbocycles. The van der Waals surface area contributed by atoms with Gasteiger partial charge in [-0.1, -0.05) is 0 Å². The van der Waals surface area contributed by atoms with Gasteiger partial charge in [-0.05, 0) is 33.2 Å². The van der Waals surface area contributed by atoms with Gasteiger partial charge in [-0.2, -0.15) is 8.42 Å². The molecule has 13 heavy (non-hydrogen) atoms.